The van der Waals surface area contributed by atoms with Crippen molar-refractivity contribution in [3.63, 3.8) is 0 Å². The molecule has 0 atom stereocenters. The molecule has 0 amide bonds. The third-order valence-corrected chi connectivity index (χ3v) is 15.2. The normalized spacial score (nSPS) is 12.5. The lowest BCUT2D eigenvalue weighted by Crippen LogP contribution is -2.28. The Morgan fingerprint density at radius 2 is 0.822 bits per heavy atom. The summed E-state index contributed by atoms with van der Waals surface area (Å²) in [5.74, 6) is 0. The van der Waals surface area contributed by atoms with Gasteiger partial charge in [-0.25, -0.2) is 0 Å². The van der Waals surface area contributed by atoms with Crippen LogP contribution >= 0.6 is 0 Å². The fraction of sp³-hybridized carbons (Fsp3) is 0.0141. The van der Waals surface area contributed by atoms with Crippen LogP contribution in [0.3, 0.4) is 0 Å². The average molecular weight is 929 g/mol. The maximum Gasteiger partial charge on any atom is 0.0714 e. The third kappa shape index (κ3) is 6.94. The Morgan fingerprint density at radius 1 is 0.274 bits per heavy atom. The Hall–Kier alpha value is -9.50. The number of nitrogens with zero attached hydrogens (tertiary/aromatic N) is 2. The lowest BCUT2D eigenvalue weighted by molar-refractivity contribution is 0.768. The third-order valence-electron chi connectivity index (χ3n) is 15.2. The molecule has 0 fully saturated rings. The molecule has 1 heterocycles. The first-order valence-electron chi connectivity index (χ1n) is 25.2. The second-order valence-corrected chi connectivity index (χ2v) is 19.2. The number of para-hydroxylation sites is 3. The lowest BCUT2D eigenvalue weighted by Gasteiger charge is -2.35. The fourth-order valence-electron chi connectivity index (χ4n) is 12.0. The van der Waals surface area contributed by atoms with Crippen molar-refractivity contribution < 1.29 is 0 Å². The van der Waals surface area contributed by atoms with Gasteiger partial charge in [0.2, 0.25) is 0 Å². The molecule has 342 valence electrons. The topological polar surface area (TPSA) is 8.17 Å². The predicted molar refractivity (Wildman–Crippen MR) is 307 cm³/mol. The Morgan fingerprint density at radius 3 is 1.58 bits per heavy atom. The summed E-state index contributed by atoms with van der Waals surface area (Å²) in [6, 6.07) is 107. The number of hydrogen-bond donors (Lipinski definition) is 0. The number of anilines is 3. The Bertz CT molecular complexity index is 4130. The van der Waals surface area contributed by atoms with E-state index in [1.807, 2.05) is 0 Å². The molecule has 0 N–H and O–H groups in total. The van der Waals surface area contributed by atoms with E-state index in [0.29, 0.717) is 0 Å². The van der Waals surface area contributed by atoms with Gasteiger partial charge in [-0.05, 0) is 144 Å². The van der Waals surface area contributed by atoms with E-state index < -0.39 is 5.41 Å². The molecule has 0 saturated heterocycles. The molecule has 0 unspecified atom stereocenters. The van der Waals surface area contributed by atoms with Gasteiger partial charge in [-0.3, -0.25) is 0 Å². The van der Waals surface area contributed by atoms with Gasteiger partial charge in [-0.2, -0.15) is 0 Å². The quantitative estimate of drug-likeness (QED) is 0.140. The standard InChI is InChI=1S/C71H48N2/c1-5-22-55(23-6-1)71(56-24-7-2-8-25-56)67-34-17-15-31-63(67)64-43-41-59(48-68(64)71)72(57-26-9-3-10-27-57)60-45-53(49-36-38-51(39-37-49)62-33-19-21-50-20-13-14-30-61(50)62)44-54(46-60)52-40-42-66-65-32-16-18-35-69(65)73(70(66)47-52)58-28-11-4-12-29-58/h1-48H. The fourth-order valence-corrected chi connectivity index (χ4v) is 12.0. The van der Waals surface area contributed by atoms with Gasteiger partial charge in [-0.1, -0.05) is 224 Å². The van der Waals surface area contributed by atoms with E-state index in [4.69, 9.17) is 0 Å². The summed E-state index contributed by atoms with van der Waals surface area (Å²) in [4.78, 5) is 2.46. The van der Waals surface area contributed by atoms with Crippen molar-refractivity contribution in [3.8, 4) is 50.2 Å². The Labute approximate surface area is 426 Å². The van der Waals surface area contributed by atoms with E-state index in [-0.39, 0.29) is 0 Å². The zero-order valence-corrected chi connectivity index (χ0v) is 40.1. The summed E-state index contributed by atoms with van der Waals surface area (Å²) in [7, 11) is 0. The van der Waals surface area contributed by atoms with Crippen molar-refractivity contribution in [2.75, 3.05) is 4.90 Å². The molecule has 13 aromatic rings. The molecule has 1 aliphatic carbocycles. The minimum atomic E-state index is -0.543. The van der Waals surface area contributed by atoms with Crippen LogP contribution in [0.4, 0.5) is 17.1 Å². The Balaban J connectivity index is 1.00. The van der Waals surface area contributed by atoms with Gasteiger partial charge in [-0.15, -0.1) is 0 Å². The molecular formula is C71H48N2. The lowest BCUT2D eigenvalue weighted by atomic mass is 9.67. The van der Waals surface area contributed by atoms with Crippen molar-refractivity contribution in [1.29, 1.82) is 0 Å². The summed E-state index contributed by atoms with van der Waals surface area (Å²) in [6.45, 7) is 0. The summed E-state index contributed by atoms with van der Waals surface area (Å²) < 4.78 is 2.41. The maximum absolute atomic E-state index is 2.47. The van der Waals surface area contributed by atoms with Crippen LogP contribution in [-0.2, 0) is 5.41 Å². The number of aromatic nitrogens is 1. The van der Waals surface area contributed by atoms with Crippen LogP contribution in [0.15, 0.2) is 291 Å². The van der Waals surface area contributed by atoms with E-state index in [1.165, 1.54) is 77.1 Å². The molecule has 2 nitrogen and oxygen atoms in total. The molecule has 73 heavy (non-hydrogen) atoms. The van der Waals surface area contributed by atoms with Crippen LogP contribution < -0.4 is 4.90 Å². The van der Waals surface area contributed by atoms with E-state index in [1.54, 1.807) is 0 Å². The highest BCUT2D eigenvalue weighted by atomic mass is 15.1. The number of rotatable bonds is 9. The van der Waals surface area contributed by atoms with Gasteiger partial charge in [0.1, 0.15) is 0 Å². The summed E-state index contributed by atoms with van der Waals surface area (Å²) in [5.41, 5.74) is 20.8. The van der Waals surface area contributed by atoms with Crippen molar-refractivity contribution in [3.05, 3.63) is 313 Å². The summed E-state index contributed by atoms with van der Waals surface area (Å²) in [5, 5.41) is 4.97. The van der Waals surface area contributed by atoms with Crippen LogP contribution in [0.25, 0.3) is 82.8 Å². The minimum absolute atomic E-state index is 0.543. The van der Waals surface area contributed by atoms with Gasteiger partial charge in [0.25, 0.3) is 0 Å². The minimum Gasteiger partial charge on any atom is -0.310 e. The summed E-state index contributed by atoms with van der Waals surface area (Å²) in [6.07, 6.45) is 0. The van der Waals surface area contributed by atoms with Crippen LogP contribution in [-0.4, -0.2) is 4.57 Å². The molecule has 2 heteroatoms. The molecule has 1 aromatic heterocycles. The van der Waals surface area contributed by atoms with Crippen LogP contribution in [0.5, 0.6) is 0 Å². The van der Waals surface area contributed by atoms with Crippen molar-refractivity contribution >= 4 is 49.6 Å². The molecule has 0 saturated carbocycles. The first-order valence-corrected chi connectivity index (χ1v) is 25.2. The molecule has 12 aromatic carbocycles. The second kappa shape index (κ2) is 17.4. The zero-order valence-electron chi connectivity index (χ0n) is 40.1. The first-order chi connectivity index (χ1) is 36.2. The molecule has 1 aliphatic rings. The van der Waals surface area contributed by atoms with E-state index in [2.05, 4.69) is 301 Å². The monoisotopic (exact) mass is 928 g/mol. The number of fused-ring (bicyclic) bond motifs is 7. The first kappa shape index (κ1) is 42.4. The van der Waals surface area contributed by atoms with Gasteiger partial charge in [0, 0.05) is 33.5 Å². The van der Waals surface area contributed by atoms with Crippen molar-refractivity contribution in [2.24, 2.45) is 0 Å². The van der Waals surface area contributed by atoms with E-state index in [9.17, 15) is 0 Å². The summed E-state index contributed by atoms with van der Waals surface area (Å²) >= 11 is 0. The molecule has 0 bridgehead atoms. The smallest absolute Gasteiger partial charge is 0.0714 e. The number of hydrogen-bond acceptors (Lipinski definition) is 1. The highest BCUT2D eigenvalue weighted by molar-refractivity contribution is 6.10. The van der Waals surface area contributed by atoms with Gasteiger partial charge in [0.15, 0.2) is 0 Å². The number of benzene rings is 12. The predicted octanol–water partition coefficient (Wildman–Crippen LogP) is 18.8. The van der Waals surface area contributed by atoms with Crippen LogP contribution in [0.2, 0.25) is 0 Å². The van der Waals surface area contributed by atoms with Crippen LogP contribution in [0.1, 0.15) is 22.3 Å². The van der Waals surface area contributed by atoms with E-state index in [0.717, 1.165) is 45.0 Å². The van der Waals surface area contributed by atoms with E-state index >= 15 is 0 Å². The Kier molecular flexibility index (Phi) is 10.1. The van der Waals surface area contributed by atoms with Crippen LogP contribution in [0, 0.1) is 0 Å². The van der Waals surface area contributed by atoms with Gasteiger partial charge in [0.05, 0.1) is 16.4 Å². The van der Waals surface area contributed by atoms with Crippen molar-refractivity contribution in [2.45, 2.75) is 5.41 Å². The maximum atomic E-state index is 2.47. The molecular weight excluding hydrogens is 881 g/mol. The molecule has 14 rings (SSSR count). The largest absolute Gasteiger partial charge is 0.310 e. The molecule has 0 radical (unpaired) electrons. The van der Waals surface area contributed by atoms with Gasteiger partial charge >= 0.3 is 0 Å². The van der Waals surface area contributed by atoms with Crippen molar-refractivity contribution in [1.82, 2.24) is 4.57 Å². The molecule has 0 spiro atoms. The zero-order chi connectivity index (χ0) is 48.3. The van der Waals surface area contributed by atoms with Gasteiger partial charge < -0.3 is 9.47 Å². The highest BCUT2D eigenvalue weighted by Gasteiger charge is 2.46. The SMILES string of the molecule is c1ccc(N(c2cc(-c3ccc(-c4cccc5ccccc45)cc3)cc(-c3ccc4c5ccccc5n(-c5ccccc5)c4c3)c2)c2ccc3c(c2)C(c2ccccc2)(c2ccccc2)c2ccccc2-3)cc1. The average Bonchev–Trinajstić information content (AvgIpc) is 3.97. The molecule has 0 aliphatic heterocycles. The second-order valence-electron chi connectivity index (χ2n) is 19.2. The highest BCUT2D eigenvalue weighted by Crippen LogP contribution is 2.57.